The molecule has 1 N–H and O–H groups in total. The van der Waals surface area contributed by atoms with Crippen molar-refractivity contribution in [3.8, 4) is 0 Å². The van der Waals surface area contributed by atoms with Crippen molar-refractivity contribution in [2.24, 2.45) is 0 Å². The highest BCUT2D eigenvalue weighted by atomic mass is 35.5. The zero-order chi connectivity index (χ0) is 20.1. The van der Waals surface area contributed by atoms with Crippen LogP contribution in [0.15, 0.2) is 24.3 Å². The van der Waals surface area contributed by atoms with Gasteiger partial charge in [-0.15, -0.1) is 11.3 Å². The number of halogens is 1. The van der Waals surface area contributed by atoms with Crippen LogP contribution in [0.2, 0.25) is 5.02 Å². The van der Waals surface area contributed by atoms with E-state index in [1.807, 2.05) is 52.0 Å². The van der Waals surface area contributed by atoms with Gasteiger partial charge >= 0.3 is 5.97 Å². The Bertz CT molecular complexity index is 839. The third-order valence-corrected chi connectivity index (χ3v) is 5.57. The lowest BCUT2D eigenvalue weighted by Crippen LogP contribution is -2.44. The number of benzene rings is 1. The van der Waals surface area contributed by atoms with Crippen molar-refractivity contribution in [2.75, 3.05) is 13.2 Å². The molecule has 6 nitrogen and oxygen atoms in total. The number of amides is 2. The first-order valence-corrected chi connectivity index (χ1v) is 9.83. The maximum absolute atomic E-state index is 12.3. The van der Waals surface area contributed by atoms with Crippen LogP contribution in [-0.4, -0.2) is 47.9 Å². The number of rotatable bonds is 7. The van der Waals surface area contributed by atoms with Crippen molar-refractivity contribution >= 4 is 50.8 Å². The van der Waals surface area contributed by atoms with E-state index in [1.54, 1.807) is 4.90 Å². The molecule has 0 saturated heterocycles. The fourth-order valence-corrected chi connectivity index (χ4v) is 4.27. The quantitative estimate of drug-likeness (QED) is 0.709. The Morgan fingerprint density at radius 1 is 1.15 bits per heavy atom. The molecule has 2 amide bonds. The minimum Gasteiger partial charge on any atom is -0.454 e. The molecule has 0 aliphatic heterocycles. The predicted molar refractivity (Wildman–Crippen MR) is 107 cm³/mol. The largest absolute Gasteiger partial charge is 0.454 e. The predicted octanol–water partition coefficient (Wildman–Crippen LogP) is 3.47. The van der Waals surface area contributed by atoms with E-state index in [2.05, 4.69) is 5.32 Å². The average molecular weight is 411 g/mol. The molecule has 1 aromatic heterocycles. The average Bonchev–Trinajstić information content (AvgIpc) is 2.94. The van der Waals surface area contributed by atoms with Gasteiger partial charge in [0.05, 0.1) is 5.02 Å². The van der Waals surface area contributed by atoms with Gasteiger partial charge in [0.2, 0.25) is 0 Å². The highest BCUT2D eigenvalue weighted by Gasteiger charge is 2.22. The molecule has 146 valence electrons. The Kier molecular flexibility index (Phi) is 7.21. The first-order valence-electron chi connectivity index (χ1n) is 8.64. The second kappa shape index (κ2) is 9.19. The Labute approximate surface area is 167 Å². The monoisotopic (exact) mass is 410 g/mol. The van der Waals surface area contributed by atoms with E-state index < -0.39 is 11.9 Å². The third-order valence-electron chi connectivity index (χ3n) is 3.89. The molecular weight excluding hydrogens is 388 g/mol. The van der Waals surface area contributed by atoms with Gasteiger partial charge in [-0.05, 0) is 33.8 Å². The van der Waals surface area contributed by atoms with Crippen LogP contribution >= 0.6 is 22.9 Å². The normalized spacial score (nSPS) is 11.1. The van der Waals surface area contributed by atoms with Crippen LogP contribution in [0.25, 0.3) is 10.1 Å². The molecule has 0 unspecified atom stereocenters. The zero-order valence-corrected chi connectivity index (χ0v) is 17.3. The van der Waals surface area contributed by atoms with E-state index in [4.69, 9.17) is 16.3 Å². The standard InChI is InChI=1S/C19H23ClN2O4S/c1-11(2)22(12(3)4)15(23)10-26-16(24)9-21-19(25)18-17(20)13-7-5-6-8-14(13)27-18/h5-8,11-12H,9-10H2,1-4H3,(H,21,25). The molecule has 0 aliphatic carbocycles. The van der Waals surface area contributed by atoms with Crippen molar-refractivity contribution < 1.29 is 19.1 Å². The van der Waals surface area contributed by atoms with Gasteiger partial charge in [0, 0.05) is 22.2 Å². The Hall–Kier alpha value is -2.12. The summed E-state index contributed by atoms with van der Waals surface area (Å²) in [6.45, 7) is 6.90. The van der Waals surface area contributed by atoms with E-state index in [9.17, 15) is 14.4 Å². The van der Waals surface area contributed by atoms with Gasteiger partial charge in [0.1, 0.15) is 11.4 Å². The molecule has 0 atom stereocenters. The molecule has 2 rings (SSSR count). The zero-order valence-electron chi connectivity index (χ0n) is 15.7. The van der Waals surface area contributed by atoms with Gasteiger partial charge in [-0.25, -0.2) is 0 Å². The van der Waals surface area contributed by atoms with Crippen LogP contribution in [0.1, 0.15) is 37.4 Å². The third kappa shape index (κ3) is 5.20. The minimum absolute atomic E-state index is 0.00556. The fourth-order valence-electron chi connectivity index (χ4n) is 2.83. The second-order valence-corrected chi connectivity index (χ2v) is 8.00. The summed E-state index contributed by atoms with van der Waals surface area (Å²) in [5, 5.41) is 3.65. The highest BCUT2D eigenvalue weighted by Crippen LogP contribution is 2.34. The maximum atomic E-state index is 12.3. The van der Waals surface area contributed by atoms with Gasteiger partial charge in [-0.3, -0.25) is 14.4 Å². The fraction of sp³-hybridized carbons (Fsp3) is 0.421. The molecule has 1 aromatic carbocycles. The van der Waals surface area contributed by atoms with Crippen LogP contribution in [0.3, 0.4) is 0 Å². The van der Waals surface area contributed by atoms with Gasteiger partial charge in [0.15, 0.2) is 6.61 Å². The molecule has 0 bridgehead atoms. The van der Waals surface area contributed by atoms with Crippen LogP contribution in [-0.2, 0) is 14.3 Å². The number of nitrogens with one attached hydrogen (secondary N) is 1. The molecule has 0 spiro atoms. The number of nitrogens with zero attached hydrogens (tertiary/aromatic N) is 1. The van der Waals surface area contributed by atoms with E-state index in [1.165, 1.54) is 11.3 Å². The Balaban J connectivity index is 1.88. The van der Waals surface area contributed by atoms with Crippen molar-refractivity contribution in [3.63, 3.8) is 0 Å². The number of esters is 1. The smallest absolute Gasteiger partial charge is 0.325 e. The van der Waals surface area contributed by atoms with Crippen LogP contribution in [0.4, 0.5) is 0 Å². The van der Waals surface area contributed by atoms with Crippen molar-refractivity contribution in [1.82, 2.24) is 10.2 Å². The summed E-state index contributed by atoms with van der Waals surface area (Å²) in [5.41, 5.74) is 0. The van der Waals surface area contributed by atoms with E-state index in [-0.39, 0.29) is 31.1 Å². The molecule has 0 aliphatic rings. The number of hydrogen-bond acceptors (Lipinski definition) is 5. The number of carbonyl (C=O) groups is 3. The van der Waals surface area contributed by atoms with Crippen molar-refractivity contribution in [3.05, 3.63) is 34.2 Å². The molecule has 0 fully saturated rings. The Morgan fingerprint density at radius 2 is 1.78 bits per heavy atom. The number of thiophene rings is 1. The van der Waals surface area contributed by atoms with Gasteiger partial charge in [0.25, 0.3) is 11.8 Å². The molecule has 27 heavy (non-hydrogen) atoms. The molecule has 0 saturated carbocycles. The van der Waals surface area contributed by atoms with Crippen LogP contribution in [0, 0.1) is 0 Å². The van der Waals surface area contributed by atoms with Gasteiger partial charge < -0.3 is 15.0 Å². The van der Waals surface area contributed by atoms with Gasteiger partial charge in [-0.2, -0.15) is 0 Å². The first-order chi connectivity index (χ1) is 12.7. The SMILES string of the molecule is CC(C)N(C(=O)COC(=O)CNC(=O)c1sc2ccccc2c1Cl)C(C)C. The summed E-state index contributed by atoms with van der Waals surface area (Å²) in [6, 6.07) is 7.42. The molecule has 2 aromatic rings. The second-order valence-electron chi connectivity index (χ2n) is 6.57. The lowest BCUT2D eigenvalue weighted by molar-refractivity contribution is -0.152. The molecule has 8 heteroatoms. The van der Waals surface area contributed by atoms with Crippen molar-refractivity contribution in [2.45, 2.75) is 39.8 Å². The number of carbonyl (C=O) groups excluding carboxylic acids is 3. The molecular formula is C19H23ClN2O4S. The van der Waals surface area contributed by atoms with E-state index in [0.29, 0.717) is 9.90 Å². The van der Waals surface area contributed by atoms with Crippen LogP contribution < -0.4 is 5.32 Å². The first kappa shape index (κ1) is 21.2. The molecule has 0 radical (unpaired) electrons. The van der Waals surface area contributed by atoms with E-state index >= 15 is 0 Å². The Morgan fingerprint density at radius 3 is 2.37 bits per heavy atom. The topological polar surface area (TPSA) is 75.7 Å². The summed E-state index contributed by atoms with van der Waals surface area (Å²) in [6.07, 6.45) is 0. The summed E-state index contributed by atoms with van der Waals surface area (Å²) in [5.74, 6) is -1.40. The summed E-state index contributed by atoms with van der Waals surface area (Å²) in [4.78, 5) is 38.3. The summed E-state index contributed by atoms with van der Waals surface area (Å²) < 4.78 is 5.88. The minimum atomic E-state index is -0.679. The highest BCUT2D eigenvalue weighted by molar-refractivity contribution is 7.21. The van der Waals surface area contributed by atoms with Gasteiger partial charge in [-0.1, -0.05) is 29.8 Å². The lowest BCUT2D eigenvalue weighted by atomic mass is 10.2. The van der Waals surface area contributed by atoms with Crippen LogP contribution in [0.5, 0.6) is 0 Å². The number of ether oxygens (including phenoxy) is 1. The number of fused-ring (bicyclic) bond motifs is 1. The van der Waals surface area contributed by atoms with Crippen molar-refractivity contribution in [1.29, 1.82) is 0 Å². The summed E-state index contributed by atoms with van der Waals surface area (Å²) in [7, 11) is 0. The lowest BCUT2D eigenvalue weighted by Gasteiger charge is -2.30. The molecule has 1 heterocycles. The summed E-state index contributed by atoms with van der Waals surface area (Å²) >= 11 is 7.50. The van der Waals surface area contributed by atoms with E-state index in [0.717, 1.165) is 10.1 Å². The number of hydrogen-bond donors (Lipinski definition) is 1. The maximum Gasteiger partial charge on any atom is 0.325 e.